The molecule has 154 valence electrons. The molecule has 2 aromatic carbocycles. The van der Waals surface area contributed by atoms with E-state index in [1.54, 1.807) is 7.11 Å². The van der Waals surface area contributed by atoms with Gasteiger partial charge in [-0.3, -0.25) is 14.9 Å². The van der Waals surface area contributed by atoms with Crippen LogP contribution in [0.5, 0.6) is 11.5 Å². The maximum Gasteiger partial charge on any atom is 0.205 e. The summed E-state index contributed by atoms with van der Waals surface area (Å²) in [6, 6.07) is 14.4. The van der Waals surface area contributed by atoms with Crippen LogP contribution in [0.4, 0.5) is 5.69 Å². The fourth-order valence-electron chi connectivity index (χ4n) is 4.78. The Labute approximate surface area is 177 Å². The molecule has 3 aromatic rings. The lowest BCUT2D eigenvalue weighted by molar-refractivity contribution is -0.138. The maximum absolute atomic E-state index is 6.84. The summed E-state index contributed by atoms with van der Waals surface area (Å²) in [5, 5.41) is 2.15. The van der Waals surface area contributed by atoms with E-state index in [2.05, 4.69) is 41.9 Å². The molecule has 5 heteroatoms. The summed E-state index contributed by atoms with van der Waals surface area (Å²) in [5.74, 6) is 1.70. The zero-order valence-corrected chi connectivity index (χ0v) is 17.8. The first-order valence-corrected chi connectivity index (χ1v) is 10.5. The molecule has 1 atom stereocenters. The number of hydrogen-bond acceptors (Lipinski definition) is 5. The van der Waals surface area contributed by atoms with Crippen LogP contribution < -0.4 is 9.47 Å². The number of nitrogens with zero attached hydrogens (tertiary/aromatic N) is 3. The molecule has 1 saturated heterocycles. The van der Waals surface area contributed by atoms with Crippen molar-refractivity contribution in [2.45, 2.75) is 39.0 Å². The number of rotatable bonds is 3. The summed E-state index contributed by atoms with van der Waals surface area (Å²) < 4.78 is 12.1. The van der Waals surface area contributed by atoms with E-state index >= 15 is 0 Å². The molecule has 1 fully saturated rings. The molecule has 0 saturated carbocycles. The Balaban J connectivity index is 1.55. The SMILES string of the molecule is COc1ccc(CN2CCCC(C)(C)C23C=Nc2c(ccc4ccncc24)O3)cc1. The Morgan fingerprint density at radius 3 is 2.73 bits per heavy atom. The Hall–Kier alpha value is -2.92. The highest BCUT2D eigenvalue weighted by atomic mass is 16.5. The number of likely N-dealkylation sites (tertiary alicyclic amines) is 1. The van der Waals surface area contributed by atoms with Gasteiger partial charge in [-0.05, 0) is 48.1 Å². The summed E-state index contributed by atoms with van der Waals surface area (Å²) in [6.45, 7) is 6.33. The van der Waals surface area contributed by atoms with Crippen molar-refractivity contribution >= 4 is 22.7 Å². The van der Waals surface area contributed by atoms with Crippen LogP contribution in [-0.2, 0) is 6.54 Å². The molecular formula is C25H27N3O2. The molecule has 0 N–H and O–H groups in total. The molecule has 1 unspecified atom stereocenters. The molecule has 1 spiro atoms. The normalized spacial score (nSPS) is 22.6. The number of benzene rings is 2. The lowest BCUT2D eigenvalue weighted by Crippen LogP contribution is -2.66. The van der Waals surface area contributed by atoms with E-state index in [-0.39, 0.29) is 5.41 Å². The smallest absolute Gasteiger partial charge is 0.205 e. The van der Waals surface area contributed by atoms with Crippen LogP contribution in [0.1, 0.15) is 32.3 Å². The first kappa shape index (κ1) is 19.1. The number of aromatic nitrogens is 1. The Morgan fingerprint density at radius 1 is 1.10 bits per heavy atom. The standard InChI is InChI=1S/C25H27N3O2/c1-24(2)12-4-14-28(16-18-5-8-20(29-3)9-6-18)25(24)17-27-23-21-15-26-13-11-19(21)7-10-22(23)30-25/h5-11,13,15,17H,4,12,14,16H2,1-3H3. The molecule has 5 rings (SSSR count). The van der Waals surface area contributed by atoms with Crippen molar-refractivity contribution in [2.75, 3.05) is 13.7 Å². The van der Waals surface area contributed by atoms with Gasteiger partial charge in [0, 0.05) is 36.3 Å². The van der Waals surface area contributed by atoms with Gasteiger partial charge in [-0.1, -0.05) is 32.0 Å². The summed E-state index contributed by atoms with van der Waals surface area (Å²) in [4.78, 5) is 11.7. The fourth-order valence-corrected chi connectivity index (χ4v) is 4.78. The average Bonchev–Trinajstić information content (AvgIpc) is 2.77. The van der Waals surface area contributed by atoms with Crippen LogP contribution in [0.25, 0.3) is 10.8 Å². The van der Waals surface area contributed by atoms with Gasteiger partial charge < -0.3 is 9.47 Å². The molecule has 2 aliphatic heterocycles. The number of fused-ring (bicyclic) bond motifs is 3. The lowest BCUT2D eigenvalue weighted by Gasteiger charge is -2.55. The first-order valence-electron chi connectivity index (χ1n) is 10.5. The van der Waals surface area contributed by atoms with Crippen molar-refractivity contribution in [3.8, 4) is 11.5 Å². The third-order valence-corrected chi connectivity index (χ3v) is 6.59. The zero-order chi connectivity index (χ0) is 20.8. The van der Waals surface area contributed by atoms with E-state index in [0.29, 0.717) is 0 Å². The third kappa shape index (κ3) is 2.96. The number of aliphatic imine (C=N–C) groups is 1. The van der Waals surface area contributed by atoms with E-state index in [1.807, 2.05) is 42.9 Å². The van der Waals surface area contributed by atoms with E-state index in [0.717, 1.165) is 53.9 Å². The summed E-state index contributed by atoms with van der Waals surface area (Å²) in [7, 11) is 1.69. The molecule has 30 heavy (non-hydrogen) atoms. The van der Waals surface area contributed by atoms with Crippen molar-refractivity contribution in [3.05, 3.63) is 60.4 Å². The summed E-state index contributed by atoms with van der Waals surface area (Å²) >= 11 is 0. The van der Waals surface area contributed by atoms with Crippen molar-refractivity contribution in [3.63, 3.8) is 0 Å². The van der Waals surface area contributed by atoms with Crippen LogP contribution in [-0.4, -0.2) is 35.5 Å². The molecule has 0 aliphatic carbocycles. The Morgan fingerprint density at radius 2 is 1.93 bits per heavy atom. The molecule has 5 nitrogen and oxygen atoms in total. The fraction of sp³-hybridized carbons (Fsp3) is 0.360. The van der Waals surface area contributed by atoms with Gasteiger partial charge in [0.1, 0.15) is 17.2 Å². The molecule has 0 amide bonds. The number of hydrogen-bond donors (Lipinski definition) is 0. The van der Waals surface area contributed by atoms with Crippen molar-refractivity contribution < 1.29 is 9.47 Å². The zero-order valence-electron chi connectivity index (χ0n) is 17.8. The van der Waals surface area contributed by atoms with E-state index in [1.165, 1.54) is 5.56 Å². The minimum absolute atomic E-state index is 0.0806. The van der Waals surface area contributed by atoms with Gasteiger partial charge in [0.25, 0.3) is 0 Å². The van der Waals surface area contributed by atoms with Crippen LogP contribution in [0, 0.1) is 5.41 Å². The predicted octanol–water partition coefficient (Wildman–Crippen LogP) is 5.36. The topological polar surface area (TPSA) is 47.0 Å². The van der Waals surface area contributed by atoms with Gasteiger partial charge in [0.2, 0.25) is 5.72 Å². The molecule has 1 aromatic heterocycles. The quantitative estimate of drug-likeness (QED) is 0.593. The van der Waals surface area contributed by atoms with Gasteiger partial charge in [0.05, 0.1) is 13.3 Å². The second-order valence-electron chi connectivity index (χ2n) is 8.82. The third-order valence-electron chi connectivity index (χ3n) is 6.59. The van der Waals surface area contributed by atoms with Crippen molar-refractivity contribution in [1.29, 1.82) is 0 Å². The maximum atomic E-state index is 6.84. The van der Waals surface area contributed by atoms with Crippen LogP contribution in [0.15, 0.2) is 59.9 Å². The van der Waals surface area contributed by atoms with Gasteiger partial charge in [-0.25, -0.2) is 0 Å². The molecule has 3 heterocycles. The second kappa shape index (κ2) is 7.10. The van der Waals surface area contributed by atoms with Crippen LogP contribution in [0.2, 0.25) is 0 Å². The van der Waals surface area contributed by atoms with E-state index in [9.17, 15) is 0 Å². The highest BCUT2D eigenvalue weighted by molar-refractivity contribution is 5.97. The molecular weight excluding hydrogens is 374 g/mol. The number of pyridine rings is 1. The minimum atomic E-state index is -0.589. The Bertz CT molecular complexity index is 1110. The highest BCUT2D eigenvalue weighted by Gasteiger charge is 2.54. The molecule has 2 aliphatic rings. The minimum Gasteiger partial charge on any atom is -0.497 e. The van der Waals surface area contributed by atoms with E-state index < -0.39 is 5.72 Å². The first-order chi connectivity index (χ1) is 14.5. The van der Waals surface area contributed by atoms with Gasteiger partial charge in [-0.15, -0.1) is 0 Å². The van der Waals surface area contributed by atoms with Crippen LogP contribution >= 0.6 is 0 Å². The highest BCUT2D eigenvalue weighted by Crippen LogP contribution is 2.50. The Kier molecular flexibility index (Phi) is 4.51. The number of ether oxygens (including phenoxy) is 2. The monoisotopic (exact) mass is 401 g/mol. The van der Waals surface area contributed by atoms with Crippen molar-refractivity contribution in [2.24, 2.45) is 10.4 Å². The van der Waals surface area contributed by atoms with Crippen molar-refractivity contribution in [1.82, 2.24) is 9.88 Å². The average molecular weight is 402 g/mol. The largest absolute Gasteiger partial charge is 0.497 e. The summed E-state index contributed by atoms with van der Waals surface area (Å²) in [5.41, 5.74) is 1.44. The molecule has 0 radical (unpaired) electrons. The number of piperidine rings is 1. The molecule has 0 bridgehead atoms. The van der Waals surface area contributed by atoms with Gasteiger partial charge >= 0.3 is 0 Å². The number of methoxy groups -OCH3 is 1. The lowest BCUT2D eigenvalue weighted by atomic mass is 9.73. The van der Waals surface area contributed by atoms with Gasteiger partial charge in [0.15, 0.2) is 0 Å². The summed E-state index contributed by atoms with van der Waals surface area (Å²) in [6.07, 6.45) is 7.93. The van der Waals surface area contributed by atoms with E-state index in [4.69, 9.17) is 14.5 Å². The van der Waals surface area contributed by atoms with Gasteiger partial charge in [-0.2, -0.15) is 0 Å². The predicted molar refractivity (Wildman–Crippen MR) is 120 cm³/mol. The van der Waals surface area contributed by atoms with Crippen LogP contribution in [0.3, 0.4) is 0 Å². The second-order valence-corrected chi connectivity index (χ2v) is 8.82.